The SMILES string of the molecule is COc1c2c(c(OC)c3cc4ccccc4cc13)[C@@H]1C[C@H]2[C@@H]2[C@H]1[C@@]1(CO)[C@H]3C=C[C@H](C3)[C@@]21CO. The van der Waals surface area contributed by atoms with Crippen molar-refractivity contribution in [1.29, 1.82) is 0 Å². The zero-order valence-electron chi connectivity index (χ0n) is 19.6. The largest absolute Gasteiger partial charge is 0.496 e. The number of ether oxygens (including phenoxy) is 2. The molecule has 0 radical (unpaired) electrons. The first-order chi connectivity index (χ1) is 16.7. The highest BCUT2D eigenvalue weighted by Crippen LogP contribution is 2.88. The summed E-state index contributed by atoms with van der Waals surface area (Å²) in [6, 6.07) is 13.0. The lowest BCUT2D eigenvalue weighted by atomic mass is 9.33. The molecule has 0 heterocycles. The topological polar surface area (TPSA) is 58.9 Å². The second-order valence-electron chi connectivity index (χ2n) is 11.4. The third-order valence-corrected chi connectivity index (χ3v) is 11.1. The van der Waals surface area contributed by atoms with E-state index in [0.717, 1.165) is 35.1 Å². The standard InChI is InChI=1S/C30H30O4/c1-33-27-19-9-15-5-3-4-6-16(15)10-20(19)28(34-2)24-22-12-21(23(24)27)25-26(22)30(14-32)18-8-7-17(11-18)29(25,30)13-31/h3-10,17-18,21-22,25-26,31-32H,11-14H2,1-2H3/t17-,18+,21-,22+,25-,26+,29+,30-. The lowest BCUT2D eigenvalue weighted by Crippen LogP contribution is -2.71. The number of hydrogen-bond acceptors (Lipinski definition) is 4. The number of allylic oxidation sites excluding steroid dienone is 2. The average Bonchev–Trinajstić information content (AvgIpc) is 3.60. The van der Waals surface area contributed by atoms with Crippen molar-refractivity contribution in [1.82, 2.24) is 0 Å². The molecular formula is C30H30O4. The van der Waals surface area contributed by atoms with Crippen molar-refractivity contribution >= 4 is 21.5 Å². The Balaban J connectivity index is 1.43. The maximum atomic E-state index is 10.9. The lowest BCUT2D eigenvalue weighted by molar-refractivity contribution is -0.251. The van der Waals surface area contributed by atoms with Gasteiger partial charge >= 0.3 is 0 Å². The van der Waals surface area contributed by atoms with Crippen molar-refractivity contribution in [3.63, 3.8) is 0 Å². The van der Waals surface area contributed by atoms with Crippen LogP contribution in [0, 0.1) is 34.5 Å². The van der Waals surface area contributed by atoms with E-state index in [-0.39, 0.29) is 24.0 Å². The van der Waals surface area contributed by atoms with Crippen LogP contribution in [0.15, 0.2) is 48.6 Å². The molecule has 3 aromatic rings. The summed E-state index contributed by atoms with van der Waals surface area (Å²) < 4.78 is 12.4. The summed E-state index contributed by atoms with van der Waals surface area (Å²) in [5.41, 5.74) is 2.19. The molecule has 2 N–H and O–H groups in total. The molecule has 0 spiro atoms. The van der Waals surface area contributed by atoms with E-state index in [4.69, 9.17) is 9.47 Å². The lowest BCUT2D eigenvalue weighted by Gasteiger charge is -2.71. The molecule has 3 fully saturated rings. The van der Waals surface area contributed by atoms with E-state index in [1.807, 2.05) is 0 Å². The predicted octanol–water partition coefficient (Wildman–Crippen LogP) is 5.00. The zero-order chi connectivity index (χ0) is 23.0. The summed E-state index contributed by atoms with van der Waals surface area (Å²) in [5, 5.41) is 26.4. The van der Waals surface area contributed by atoms with Crippen LogP contribution in [-0.2, 0) is 0 Å². The second kappa shape index (κ2) is 6.16. The molecule has 8 atom stereocenters. The molecule has 5 aliphatic carbocycles. The number of aliphatic hydroxyl groups is 2. The Labute approximate surface area is 199 Å². The summed E-state index contributed by atoms with van der Waals surface area (Å²) in [6.07, 6.45) is 6.81. The minimum atomic E-state index is -0.209. The quantitative estimate of drug-likeness (QED) is 0.331. The highest BCUT2D eigenvalue weighted by atomic mass is 16.5. The minimum absolute atomic E-state index is 0.163. The number of fused-ring (bicyclic) bond motifs is 17. The first-order valence-corrected chi connectivity index (χ1v) is 12.7. The van der Waals surface area contributed by atoms with Gasteiger partial charge in [0.05, 0.1) is 27.4 Å². The van der Waals surface area contributed by atoms with Crippen LogP contribution in [-0.4, -0.2) is 37.6 Å². The van der Waals surface area contributed by atoms with Gasteiger partial charge in [-0.2, -0.15) is 0 Å². The Morgan fingerprint density at radius 3 is 1.65 bits per heavy atom. The molecule has 0 unspecified atom stereocenters. The Bertz CT molecular complexity index is 1320. The predicted molar refractivity (Wildman–Crippen MR) is 131 cm³/mol. The molecule has 4 bridgehead atoms. The van der Waals surface area contributed by atoms with Gasteiger partial charge in [0.25, 0.3) is 0 Å². The van der Waals surface area contributed by atoms with E-state index in [0.29, 0.717) is 35.5 Å². The summed E-state index contributed by atoms with van der Waals surface area (Å²) in [7, 11) is 3.59. The minimum Gasteiger partial charge on any atom is -0.496 e. The van der Waals surface area contributed by atoms with Crippen LogP contribution >= 0.6 is 0 Å². The van der Waals surface area contributed by atoms with Crippen molar-refractivity contribution < 1.29 is 19.7 Å². The number of benzene rings is 3. The van der Waals surface area contributed by atoms with E-state index in [9.17, 15) is 10.2 Å². The first-order valence-electron chi connectivity index (χ1n) is 12.7. The number of hydrogen-bond donors (Lipinski definition) is 2. The fraction of sp³-hybridized carbons (Fsp3) is 0.467. The maximum absolute atomic E-state index is 10.9. The Morgan fingerprint density at radius 2 is 1.24 bits per heavy atom. The monoisotopic (exact) mass is 454 g/mol. The van der Waals surface area contributed by atoms with Gasteiger partial charge in [0, 0.05) is 32.7 Å². The van der Waals surface area contributed by atoms with Crippen molar-refractivity contribution in [3.8, 4) is 11.5 Å². The van der Waals surface area contributed by atoms with Crippen molar-refractivity contribution in [2.24, 2.45) is 34.5 Å². The fourth-order valence-corrected chi connectivity index (χ4v) is 10.3. The van der Waals surface area contributed by atoms with Crippen LogP contribution in [0.2, 0.25) is 0 Å². The van der Waals surface area contributed by atoms with E-state index in [2.05, 4.69) is 48.6 Å². The van der Waals surface area contributed by atoms with Crippen LogP contribution in [0.5, 0.6) is 11.5 Å². The van der Waals surface area contributed by atoms with Crippen molar-refractivity contribution in [2.75, 3.05) is 27.4 Å². The highest BCUT2D eigenvalue weighted by molar-refractivity contribution is 6.05. The van der Waals surface area contributed by atoms with Crippen LogP contribution in [0.3, 0.4) is 0 Å². The van der Waals surface area contributed by atoms with Crippen molar-refractivity contribution in [2.45, 2.75) is 24.7 Å². The van der Waals surface area contributed by atoms with Crippen molar-refractivity contribution in [3.05, 3.63) is 59.7 Å². The molecule has 3 aromatic carbocycles. The van der Waals surface area contributed by atoms with Gasteiger partial charge in [-0.05, 0) is 71.3 Å². The van der Waals surface area contributed by atoms with Gasteiger partial charge in [0.15, 0.2) is 0 Å². The van der Waals surface area contributed by atoms with E-state index >= 15 is 0 Å². The molecule has 5 aliphatic rings. The second-order valence-corrected chi connectivity index (χ2v) is 11.4. The Kier molecular flexibility index (Phi) is 3.57. The molecule has 0 amide bonds. The highest BCUT2D eigenvalue weighted by Gasteiger charge is 2.85. The number of methoxy groups -OCH3 is 2. The molecule has 34 heavy (non-hydrogen) atoms. The maximum Gasteiger partial charge on any atom is 0.130 e. The van der Waals surface area contributed by atoms with Gasteiger partial charge in [-0.3, -0.25) is 0 Å². The van der Waals surface area contributed by atoms with Crippen LogP contribution in [0.1, 0.15) is 35.8 Å². The van der Waals surface area contributed by atoms with Crippen LogP contribution in [0.25, 0.3) is 21.5 Å². The van der Waals surface area contributed by atoms with Gasteiger partial charge in [-0.15, -0.1) is 0 Å². The molecule has 4 heteroatoms. The third kappa shape index (κ3) is 1.76. The van der Waals surface area contributed by atoms with Crippen LogP contribution in [0.4, 0.5) is 0 Å². The smallest absolute Gasteiger partial charge is 0.130 e. The molecule has 0 aliphatic heterocycles. The molecule has 3 saturated carbocycles. The van der Waals surface area contributed by atoms with Gasteiger partial charge in [-0.1, -0.05) is 36.4 Å². The summed E-state index contributed by atoms with van der Waals surface area (Å²) >= 11 is 0. The van der Waals surface area contributed by atoms with Gasteiger partial charge in [-0.25, -0.2) is 0 Å². The van der Waals surface area contributed by atoms with Gasteiger partial charge in [0.1, 0.15) is 11.5 Å². The Hall–Kier alpha value is -2.56. The van der Waals surface area contributed by atoms with E-state index in [1.54, 1.807) is 14.2 Å². The fourth-order valence-electron chi connectivity index (χ4n) is 10.3. The summed E-state index contributed by atoms with van der Waals surface area (Å²) in [4.78, 5) is 0. The molecule has 174 valence electrons. The molecule has 4 nitrogen and oxygen atoms in total. The summed E-state index contributed by atoms with van der Waals surface area (Å²) in [6.45, 7) is 0.326. The van der Waals surface area contributed by atoms with Gasteiger partial charge in [0.2, 0.25) is 0 Å². The Morgan fingerprint density at radius 1 is 0.765 bits per heavy atom. The number of rotatable bonds is 4. The molecule has 8 rings (SSSR count). The first kappa shape index (κ1) is 19.7. The van der Waals surface area contributed by atoms with E-state index in [1.165, 1.54) is 21.9 Å². The molecule has 0 saturated heterocycles. The number of aliphatic hydroxyl groups excluding tert-OH is 2. The average molecular weight is 455 g/mol. The zero-order valence-corrected chi connectivity index (χ0v) is 19.6. The van der Waals surface area contributed by atoms with Crippen LogP contribution < -0.4 is 9.47 Å². The van der Waals surface area contributed by atoms with E-state index < -0.39 is 0 Å². The molecule has 0 aromatic heterocycles. The normalized spacial score (nSPS) is 39.9. The van der Waals surface area contributed by atoms with Gasteiger partial charge < -0.3 is 19.7 Å². The molecular weight excluding hydrogens is 424 g/mol. The third-order valence-electron chi connectivity index (χ3n) is 11.1. The summed E-state index contributed by atoms with van der Waals surface area (Å²) in [5.74, 6) is 4.16.